The van der Waals surface area contributed by atoms with Crippen LogP contribution in [0.1, 0.15) is 5.56 Å². The summed E-state index contributed by atoms with van der Waals surface area (Å²) in [5.41, 5.74) is 7.37. The summed E-state index contributed by atoms with van der Waals surface area (Å²) in [4.78, 5) is 11.8. The fraction of sp³-hybridized carbons (Fsp3) is 0.250. The Labute approximate surface area is 109 Å². The Balaban J connectivity index is 2.62. The van der Waals surface area contributed by atoms with Crippen LogP contribution in [0, 0.1) is 0 Å². The van der Waals surface area contributed by atoms with Crippen LogP contribution in [0.15, 0.2) is 23.0 Å². The molecule has 0 aliphatic heterocycles. The predicted octanol–water partition coefficient (Wildman–Crippen LogP) is 1.50. The number of H-pyrrole nitrogens is 1. The van der Waals surface area contributed by atoms with E-state index in [2.05, 4.69) is 5.10 Å². The summed E-state index contributed by atoms with van der Waals surface area (Å²) in [6.45, 7) is 0.161. The van der Waals surface area contributed by atoms with Crippen molar-refractivity contribution in [1.29, 1.82) is 0 Å². The quantitative estimate of drug-likeness (QED) is 0.885. The van der Waals surface area contributed by atoms with E-state index >= 15 is 0 Å². The van der Waals surface area contributed by atoms with Gasteiger partial charge in [-0.1, -0.05) is 11.6 Å². The van der Waals surface area contributed by atoms with Crippen LogP contribution in [0.4, 0.5) is 0 Å². The van der Waals surface area contributed by atoms with E-state index in [0.29, 0.717) is 22.0 Å². The van der Waals surface area contributed by atoms with Crippen molar-refractivity contribution < 1.29 is 4.74 Å². The molecule has 0 radical (unpaired) electrons. The molecule has 0 aliphatic carbocycles. The van der Waals surface area contributed by atoms with Crippen LogP contribution < -0.4 is 16.0 Å². The minimum Gasteiger partial charge on any atom is -0.497 e. The third kappa shape index (κ3) is 2.02. The maximum absolute atomic E-state index is 11.8. The lowest BCUT2D eigenvalue weighted by Gasteiger charge is -2.06. The number of rotatable bonds is 3. The molecular weight excluding hydrogens is 254 g/mol. The Morgan fingerprint density at radius 1 is 1.50 bits per heavy atom. The van der Waals surface area contributed by atoms with Gasteiger partial charge in [0, 0.05) is 19.2 Å². The highest BCUT2D eigenvalue weighted by atomic mass is 35.5. The number of nitrogens with zero attached hydrogens (tertiary/aromatic N) is 1. The number of hydrogen-bond donors (Lipinski definition) is 2. The first kappa shape index (κ1) is 12.7. The monoisotopic (exact) mass is 267 g/mol. The third-order valence-electron chi connectivity index (χ3n) is 2.79. The predicted molar refractivity (Wildman–Crippen MR) is 70.9 cm³/mol. The van der Waals surface area contributed by atoms with E-state index in [0.717, 1.165) is 5.56 Å². The first-order valence-corrected chi connectivity index (χ1v) is 5.78. The van der Waals surface area contributed by atoms with Crippen LogP contribution in [-0.2, 0) is 13.6 Å². The Bertz CT molecular complexity index is 631. The molecule has 1 aromatic carbocycles. The third-order valence-corrected chi connectivity index (χ3v) is 3.11. The van der Waals surface area contributed by atoms with Gasteiger partial charge in [-0.05, 0) is 18.2 Å². The summed E-state index contributed by atoms with van der Waals surface area (Å²) in [6.07, 6.45) is 0. The maximum atomic E-state index is 11.8. The summed E-state index contributed by atoms with van der Waals surface area (Å²) in [5.74, 6) is 0.663. The highest BCUT2D eigenvalue weighted by molar-refractivity contribution is 6.33. The molecule has 0 spiro atoms. The van der Waals surface area contributed by atoms with Gasteiger partial charge < -0.3 is 10.5 Å². The topological polar surface area (TPSA) is 73.0 Å². The molecule has 0 saturated carbocycles. The van der Waals surface area contributed by atoms with E-state index in [1.54, 1.807) is 32.4 Å². The Morgan fingerprint density at radius 3 is 2.78 bits per heavy atom. The van der Waals surface area contributed by atoms with Crippen molar-refractivity contribution in [3.63, 3.8) is 0 Å². The number of aromatic nitrogens is 2. The lowest BCUT2D eigenvalue weighted by molar-refractivity contribution is 0.415. The van der Waals surface area contributed by atoms with Gasteiger partial charge in [-0.15, -0.1) is 0 Å². The fourth-order valence-electron chi connectivity index (χ4n) is 1.83. The second-order valence-electron chi connectivity index (χ2n) is 3.88. The van der Waals surface area contributed by atoms with E-state index in [4.69, 9.17) is 22.1 Å². The number of aromatic amines is 1. The zero-order valence-electron chi connectivity index (χ0n) is 10.2. The van der Waals surface area contributed by atoms with Gasteiger partial charge >= 0.3 is 0 Å². The number of methoxy groups -OCH3 is 1. The minimum atomic E-state index is -0.139. The maximum Gasteiger partial charge on any atom is 0.271 e. The molecule has 96 valence electrons. The first-order valence-electron chi connectivity index (χ1n) is 5.40. The smallest absolute Gasteiger partial charge is 0.271 e. The number of nitrogens with one attached hydrogen (secondary N) is 1. The molecule has 1 aromatic heterocycles. The number of aryl methyl sites for hydroxylation is 1. The van der Waals surface area contributed by atoms with Crippen molar-refractivity contribution in [2.24, 2.45) is 12.8 Å². The molecule has 0 saturated heterocycles. The number of halogens is 1. The average Bonchev–Trinajstić information content (AvgIpc) is 2.65. The molecule has 2 rings (SSSR count). The van der Waals surface area contributed by atoms with E-state index in [-0.39, 0.29) is 12.1 Å². The van der Waals surface area contributed by atoms with Crippen LogP contribution in [0.2, 0.25) is 5.02 Å². The van der Waals surface area contributed by atoms with Crippen molar-refractivity contribution in [3.05, 3.63) is 39.1 Å². The molecular formula is C12H14ClN3O2. The molecule has 1 heterocycles. The van der Waals surface area contributed by atoms with Gasteiger partial charge in [0.05, 0.1) is 23.4 Å². The summed E-state index contributed by atoms with van der Waals surface area (Å²) in [7, 11) is 3.21. The minimum absolute atomic E-state index is 0.139. The number of hydrogen-bond acceptors (Lipinski definition) is 3. The molecule has 2 aromatic rings. The molecule has 0 aliphatic rings. The number of benzene rings is 1. The van der Waals surface area contributed by atoms with Crippen molar-refractivity contribution in [3.8, 4) is 17.0 Å². The molecule has 0 amide bonds. The Morgan fingerprint density at radius 2 is 2.22 bits per heavy atom. The van der Waals surface area contributed by atoms with Crippen molar-refractivity contribution in [1.82, 2.24) is 9.78 Å². The fourth-order valence-corrected chi connectivity index (χ4v) is 2.10. The van der Waals surface area contributed by atoms with Gasteiger partial charge in [-0.25, -0.2) is 0 Å². The summed E-state index contributed by atoms with van der Waals surface area (Å²) in [6, 6.07) is 5.28. The van der Waals surface area contributed by atoms with Crippen LogP contribution >= 0.6 is 11.6 Å². The zero-order valence-corrected chi connectivity index (χ0v) is 10.9. The van der Waals surface area contributed by atoms with Gasteiger partial charge in [0.2, 0.25) is 0 Å². The average molecular weight is 268 g/mol. The standard InChI is InChI=1S/C12H14ClN3O2/c1-16-12(17)9(6-14)11(15-16)8-4-3-7(18-2)5-10(8)13/h3-5,15H,6,14H2,1-2H3. The van der Waals surface area contributed by atoms with Crippen LogP contribution in [0.25, 0.3) is 11.3 Å². The first-order chi connectivity index (χ1) is 8.58. The molecule has 5 nitrogen and oxygen atoms in total. The van der Waals surface area contributed by atoms with Crippen LogP contribution in [-0.4, -0.2) is 16.9 Å². The van der Waals surface area contributed by atoms with Gasteiger partial charge in [0.1, 0.15) is 5.75 Å². The highest BCUT2D eigenvalue weighted by Crippen LogP contribution is 2.31. The highest BCUT2D eigenvalue weighted by Gasteiger charge is 2.15. The normalized spacial score (nSPS) is 10.7. The van der Waals surface area contributed by atoms with E-state index in [1.807, 2.05) is 0 Å². The molecule has 0 bridgehead atoms. The molecule has 0 fully saturated rings. The summed E-state index contributed by atoms with van der Waals surface area (Å²) < 4.78 is 6.47. The summed E-state index contributed by atoms with van der Waals surface area (Å²) >= 11 is 6.18. The van der Waals surface area contributed by atoms with E-state index < -0.39 is 0 Å². The van der Waals surface area contributed by atoms with Crippen molar-refractivity contribution in [2.75, 3.05) is 7.11 Å². The molecule has 6 heteroatoms. The SMILES string of the molecule is COc1ccc(-c2[nH]n(C)c(=O)c2CN)c(Cl)c1. The van der Waals surface area contributed by atoms with Crippen molar-refractivity contribution >= 4 is 11.6 Å². The molecule has 0 unspecified atom stereocenters. The molecule has 18 heavy (non-hydrogen) atoms. The summed E-state index contributed by atoms with van der Waals surface area (Å²) in [5, 5.41) is 3.46. The lowest BCUT2D eigenvalue weighted by atomic mass is 10.1. The van der Waals surface area contributed by atoms with Gasteiger partial charge in [-0.3, -0.25) is 14.6 Å². The number of ether oxygens (including phenoxy) is 1. The lowest BCUT2D eigenvalue weighted by Crippen LogP contribution is -2.17. The van der Waals surface area contributed by atoms with E-state index in [1.165, 1.54) is 4.68 Å². The molecule has 3 N–H and O–H groups in total. The van der Waals surface area contributed by atoms with Crippen LogP contribution in [0.5, 0.6) is 5.75 Å². The Kier molecular flexibility index (Phi) is 3.45. The van der Waals surface area contributed by atoms with E-state index in [9.17, 15) is 4.79 Å². The molecule has 0 atom stereocenters. The van der Waals surface area contributed by atoms with Crippen LogP contribution in [0.3, 0.4) is 0 Å². The zero-order chi connectivity index (χ0) is 13.3. The second kappa shape index (κ2) is 4.88. The Hall–Kier alpha value is -1.72. The number of nitrogens with two attached hydrogens (primary N) is 1. The van der Waals surface area contributed by atoms with Gasteiger partial charge in [0.25, 0.3) is 5.56 Å². The van der Waals surface area contributed by atoms with Crippen molar-refractivity contribution in [2.45, 2.75) is 6.54 Å². The van der Waals surface area contributed by atoms with Gasteiger partial charge in [-0.2, -0.15) is 0 Å². The van der Waals surface area contributed by atoms with Gasteiger partial charge in [0.15, 0.2) is 0 Å². The second-order valence-corrected chi connectivity index (χ2v) is 4.29. The largest absolute Gasteiger partial charge is 0.497 e.